The molecule has 2 unspecified atom stereocenters. The normalized spacial score (nSPS) is 14.4. The van der Waals surface area contributed by atoms with Crippen LogP contribution in [0.1, 0.15) is 11.7 Å². The zero-order valence-electron chi connectivity index (χ0n) is 9.77. The highest BCUT2D eigenvalue weighted by Gasteiger charge is 2.22. The molecular formula is C11H17FN2O3. The van der Waals surface area contributed by atoms with Gasteiger partial charge in [0.05, 0.1) is 18.9 Å². The van der Waals surface area contributed by atoms with Crippen molar-refractivity contribution in [3.8, 4) is 5.75 Å². The maximum absolute atomic E-state index is 13.6. The van der Waals surface area contributed by atoms with Crippen molar-refractivity contribution >= 4 is 5.69 Å². The van der Waals surface area contributed by atoms with Crippen LogP contribution in [-0.2, 0) is 0 Å². The third-order valence-corrected chi connectivity index (χ3v) is 2.45. The molecule has 0 bridgehead atoms. The molecule has 0 amide bonds. The molecule has 0 saturated carbocycles. The lowest BCUT2D eigenvalue weighted by atomic mass is 10.0. The van der Waals surface area contributed by atoms with E-state index in [9.17, 15) is 14.6 Å². The predicted molar refractivity (Wildman–Crippen MR) is 62.3 cm³/mol. The number of hydrogen-bond acceptors (Lipinski definition) is 5. The molecule has 1 aromatic rings. The van der Waals surface area contributed by atoms with Crippen LogP contribution >= 0.6 is 0 Å². The molecule has 5 N–H and O–H groups in total. The average Bonchev–Trinajstić information content (AvgIpc) is 2.29. The zero-order valence-corrected chi connectivity index (χ0v) is 9.77. The monoisotopic (exact) mass is 244 g/mol. The molecule has 2 atom stereocenters. The number of likely N-dealkylation sites (N-methyl/N-ethyl adjacent to an activating group) is 1. The summed E-state index contributed by atoms with van der Waals surface area (Å²) in [5.74, 6) is -0.414. The molecule has 1 aromatic carbocycles. The van der Waals surface area contributed by atoms with Crippen molar-refractivity contribution in [3.05, 3.63) is 23.5 Å². The number of nitrogens with two attached hydrogens (primary N) is 1. The second-order valence-corrected chi connectivity index (χ2v) is 3.69. The summed E-state index contributed by atoms with van der Waals surface area (Å²) in [4.78, 5) is 0. The first-order valence-corrected chi connectivity index (χ1v) is 5.14. The Morgan fingerprint density at radius 2 is 2.12 bits per heavy atom. The Hall–Kier alpha value is -1.37. The first-order valence-electron chi connectivity index (χ1n) is 5.14. The smallest absolute Gasteiger partial charge is 0.142 e. The van der Waals surface area contributed by atoms with E-state index in [2.05, 4.69) is 5.32 Å². The number of hydrogen-bond donors (Lipinski definition) is 4. The molecule has 0 heterocycles. The first-order chi connectivity index (χ1) is 8.01. The molecule has 5 nitrogen and oxygen atoms in total. The molecule has 17 heavy (non-hydrogen) atoms. The average molecular weight is 244 g/mol. The molecule has 0 aromatic heterocycles. The van der Waals surface area contributed by atoms with Crippen LogP contribution in [0.3, 0.4) is 0 Å². The van der Waals surface area contributed by atoms with Gasteiger partial charge < -0.3 is 26.0 Å². The van der Waals surface area contributed by atoms with Gasteiger partial charge >= 0.3 is 0 Å². The first kappa shape index (κ1) is 13.7. The minimum Gasteiger partial charge on any atom is -0.495 e. The van der Waals surface area contributed by atoms with E-state index in [1.165, 1.54) is 13.2 Å². The molecule has 6 heteroatoms. The Morgan fingerprint density at radius 1 is 1.47 bits per heavy atom. The fraction of sp³-hybridized carbons (Fsp3) is 0.455. The molecule has 0 aliphatic heterocycles. The van der Waals surface area contributed by atoms with Gasteiger partial charge in [0, 0.05) is 18.2 Å². The highest BCUT2D eigenvalue weighted by atomic mass is 19.1. The Balaban J connectivity index is 3.04. The highest BCUT2D eigenvalue weighted by Crippen LogP contribution is 2.29. The van der Waals surface area contributed by atoms with Crippen LogP contribution in [0.4, 0.5) is 10.1 Å². The van der Waals surface area contributed by atoms with Gasteiger partial charge in [-0.25, -0.2) is 4.39 Å². The Labute approximate surface area is 99.0 Å². The van der Waals surface area contributed by atoms with E-state index >= 15 is 0 Å². The minimum atomic E-state index is -1.34. The summed E-state index contributed by atoms with van der Waals surface area (Å²) < 4.78 is 18.5. The van der Waals surface area contributed by atoms with Gasteiger partial charge in [-0.1, -0.05) is 0 Å². The number of methoxy groups -OCH3 is 1. The molecule has 0 aliphatic rings. The largest absolute Gasteiger partial charge is 0.495 e. The quantitative estimate of drug-likeness (QED) is 0.549. The molecule has 0 fully saturated rings. The lowest BCUT2D eigenvalue weighted by molar-refractivity contribution is 0.0180. The van der Waals surface area contributed by atoms with E-state index in [-0.39, 0.29) is 23.5 Å². The SMILES string of the molecule is CNCC(O)C(O)c1cc(OC)c(N)cc1F. The Bertz CT molecular complexity index is 387. The number of ether oxygens (including phenoxy) is 1. The predicted octanol–water partition coefficient (Wildman–Crippen LogP) is 0.0302. The lowest BCUT2D eigenvalue weighted by Crippen LogP contribution is -2.30. The van der Waals surface area contributed by atoms with Crippen LogP contribution in [0, 0.1) is 5.82 Å². The summed E-state index contributed by atoms with van der Waals surface area (Å²) in [6.07, 6.45) is -2.44. The van der Waals surface area contributed by atoms with Gasteiger partial charge in [-0.2, -0.15) is 0 Å². The number of anilines is 1. The second kappa shape index (κ2) is 5.81. The number of benzene rings is 1. The third-order valence-electron chi connectivity index (χ3n) is 2.45. The number of aliphatic hydroxyl groups excluding tert-OH is 2. The summed E-state index contributed by atoms with van der Waals surface area (Å²) in [6, 6.07) is 2.34. The third kappa shape index (κ3) is 3.06. The summed E-state index contributed by atoms with van der Waals surface area (Å²) in [7, 11) is 3.01. The van der Waals surface area contributed by atoms with Crippen LogP contribution in [0.15, 0.2) is 12.1 Å². The van der Waals surface area contributed by atoms with Gasteiger partial charge in [0.1, 0.15) is 17.7 Å². The van der Waals surface area contributed by atoms with E-state index in [0.29, 0.717) is 0 Å². The van der Waals surface area contributed by atoms with Crippen molar-refractivity contribution in [3.63, 3.8) is 0 Å². The molecule has 0 radical (unpaired) electrons. The van der Waals surface area contributed by atoms with Crippen molar-refractivity contribution < 1.29 is 19.3 Å². The van der Waals surface area contributed by atoms with Crippen molar-refractivity contribution in [2.75, 3.05) is 26.4 Å². The van der Waals surface area contributed by atoms with Crippen molar-refractivity contribution in [2.24, 2.45) is 0 Å². The second-order valence-electron chi connectivity index (χ2n) is 3.69. The molecule has 96 valence electrons. The standard InChI is InChI=1S/C11H17FN2O3/c1-14-5-9(15)11(16)6-3-10(17-2)8(13)4-7(6)12/h3-4,9,11,14-16H,5,13H2,1-2H3. The van der Waals surface area contributed by atoms with E-state index < -0.39 is 18.0 Å². The number of nitrogens with one attached hydrogen (secondary N) is 1. The van der Waals surface area contributed by atoms with Gasteiger partial charge in [-0.05, 0) is 13.1 Å². The zero-order chi connectivity index (χ0) is 13.0. The van der Waals surface area contributed by atoms with Crippen LogP contribution in [0.25, 0.3) is 0 Å². The maximum Gasteiger partial charge on any atom is 0.142 e. The lowest BCUT2D eigenvalue weighted by Gasteiger charge is -2.19. The Morgan fingerprint density at radius 3 is 2.65 bits per heavy atom. The van der Waals surface area contributed by atoms with Crippen LogP contribution in [0.5, 0.6) is 5.75 Å². The number of halogens is 1. The van der Waals surface area contributed by atoms with Crippen LogP contribution < -0.4 is 15.8 Å². The highest BCUT2D eigenvalue weighted by molar-refractivity contribution is 5.54. The minimum absolute atomic E-state index is 0.0428. The summed E-state index contributed by atoms with van der Waals surface area (Å²) >= 11 is 0. The van der Waals surface area contributed by atoms with Gasteiger partial charge in [0.25, 0.3) is 0 Å². The van der Waals surface area contributed by atoms with E-state index in [1.807, 2.05) is 0 Å². The van der Waals surface area contributed by atoms with Crippen LogP contribution in [0.2, 0.25) is 0 Å². The molecule has 0 aliphatic carbocycles. The number of rotatable bonds is 5. The number of nitrogen functional groups attached to an aromatic ring is 1. The van der Waals surface area contributed by atoms with Crippen LogP contribution in [-0.4, -0.2) is 37.0 Å². The summed E-state index contributed by atoms with van der Waals surface area (Å²) in [5.41, 5.74) is 5.61. The maximum atomic E-state index is 13.6. The fourth-order valence-corrected chi connectivity index (χ4v) is 1.52. The molecule has 0 spiro atoms. The van der Waals surface area contributed by atoms with Crippen molar-refractivity contribution in [1.29, 1.82) is 0 Å². The molecule has 1 rings (SSSR count). The topological polar surface area (TPSA) is 87.7 Å². The molecular weight excluding hydrogens is 227 g/mol. The van der Waals surface area contributed by atoms with Gasteiger partial charge in [0.15, 0.2) is 0 Å². The van der Waals surface area contributed by atoms with Gasteiger partial charge in [-0.3, -0.25) is 0 Å². The van der Waals surface area contributed by atoms with E-state index in [0.717, 1.165) is 6.07 Å². The van der Waals surface area contributed by atoms with Crippen molar-refractivity contribution in [1.82, 2.24) is 5.32 Å². The molecule has 0 saturated heterocycles. The summed E-state index contributed by atoms with van der Waals surface area (Å²) in [6.45, 7) is 0.146. The fourth-order valence-electron chi connectivity index (χ4n) is 1.52. The van der Waals surface area contributed by atoms with E-state index in [4.69, 9.17) is 10.5 Å². The van der Waals surface area contributed by atoms with Gasteiger partial charge in [0.2, 0.25) is 0 Å². The Kier molecular flexibility index (Phi) is 4.68. The van der Waals surface area contributed by atoms with Gasteiger partial charge in [-0.15, -0.1) is 0 Å². The van der Waals surface area contributed by atoms with Crippen molar-refractivity contribution in [2.45, 2.75) is 12.2 Å². The summed E-state index contributed by atoms with van der Waals surface area (Å²) in [5, 5.41) is 22.1. The van der Waals surface area contributed by atoms with E-state index in [1.54, 1.807) is 7.05 Å². The number of aliphatic hydroxyl groups is 2.